The average Bonchev–Trinajstić information content (AvgIpc) is 3.37. The topological polar surface area (TPSA) is 74.0 Å². The molecule has 0 spiro atoms. The van der Waals surface area contributed by atoms with E-state index < -0.39 is 0 Å². The van der Waals surface area contributed by atoms with Gasteiger partial charge < -0.3 is 10.1 Å². The largest absolute Gasteiger partial charge is 0.470 e. The quantitative estimate of drug-likeness (QED) is 0.350. The van der Waals surface area contributed by atoms with Crippen LogP contribution in [0.15, 0.2) is 71.5 Å². The standard InChI is InChI=1S/C21H16BrCl2N5O2/c22-17-11-16(24)4-5-19(17)31-13-29-8-6-18(26-29)21(30)25-20-7-9-28(27-20)12-14-2-1-3-15(23)10-14/h1-11H,12-13H2,(H,25,27,30). The molecule has 2 aromatic heterocycles. The summed E-state index contributed by atoms with van der Waals surface area (Å²) in [6.07, 6.45) is 3.45. The minimum atomic E-state index is -0.362. The van der Waals surface area contributed by atoms with Crippen LogP contribution in [0.2, 0.25) is 10.0 Å². The molecule has 0 aliphatic heterocycles. The molecular weight excluding hydrogens is 505 g/mol. The molecule has 0 radical (unpaired) electrons. The highest BCUT2D eigenvalue weighted by molar-refractivity contribution is 9.10. The predicted molar refractivity (Wildman–Crippen MR) is 123 cm³/mol. The maximum atomic E-state index is 12.5. The summed E-state index contributed by atoms with van der Waals surface area (Å²) >= 11 is 15.3. The Hall–Kier alpha value is -2.81. The Labute approximate surface area is 196 Å². The Balaban J connectivity index is 1.34. The van der Waals surface area contributed by atoms with E-state index in [1.807, 2.05) is 24.3 Å². The molecule has 1 N–H and O–H groups in total. The molecule has 0 aliphatic rings. The molecule has 158 valence electrons. The number of benzene rings is 2. The number of rotatable bonds is 7. The number of carbonyl (C=O) groups excluding carboxylic acids is 1. The van der Waals surface area contributed by atoms with Crippen LogP contribution in [-0.4, -0.2) is 25.5 Å². The van der Waals surface area contributed by atoms with Crippen LogP contribution in [0.5, 0.6) is 5.75 Å². The van der Waals surface area contributed by atoms with Crippen molar-refractivity contribution in [3.05, 3.63) is 92.8 Å². The Morgan fingerprint density at radius 3 is 2.61 bits per heavy atom. The van der Waals surface area contributed by atoms with E-state index in [1.54, 1.807) is 47.4 Å². The molecule has 0 atom stereocenters. The van der Waals surface area contributed by atoms with Crippen molar-refractivity contribution in [1.82, 2.24) is 19.6 Å². The predicted octanol–water partition coefficient (Wildman–Crippen LogP) is 5.49. The fourth-order valence-electron chi connectivity index (χ4n) is 2.80. The summed E-state index contributed by atoms with van der Waals surface area (Å²) in [7, 11) is 0. The smallest absolute Gasteiger partial charge is 0.277 e. The third-order valence-electron chi connectivity index (χ3n) is 4.24. The molecule has 0 bridgehead atoms. The van der Waals surface area contributed by atoms with Crippen molar-refractivity contribution in [2.24, 2.45) is 0 Å². The molecule has 7 nitrogen and oxygen atoms in total. The van der Waals surface area contributed by atoms with Gasteiger partial charge in [-0.25, -0.2) is 4.68 Å². The van der Waals surface area contributed by atoms with Gasteiger partial charge in [0.25, 0.3) is 5.91 Å². The molecule has 1 amide bonds. The number of anilines is 1. The average molecular weight is 521 g/mol. The van der Waals surface area contributed by atoms with Crippen molar-refractivity contribution < 1.29 is 9.53 Å². The molecule has 31 heavy (non-hydrogen) atoms. The van der Waals surface area contributed by atoms with Gasteiger partial charge in [-0.2, -0.15) is 10.2 Å². The van der Waals surface area contributed by atoms with Gasteiger partial charge in [0.05, 0.1) is 11.0 Å². The molecule has 0 saturated carbocycles. The van der Waals surface area contributed by atoms with Crippen molar-refractivity contribution in [2.45, 2.75) is 13.3 Å². The zero-order valence-electron chi connectivity index (χ0n) is 16.0. The summed E-state index contributed by atoms with van der Waals surface area (Å²) in [5.41, 5.74) is 1.27. The second-order valence-corrected chi connectivity index (χ2v) is 8.30. The molecule has 0 saturated heterocycles. The van der Waals surface area contributed by atoms with Crippen LogP contribution in [0.25, 0.3) is 0 Å². The van der Waals surface area contributed by atoms with Crippen molar-refractivity contribution in [2.75, 3.05) is 5.32 Å². The van der Waals surface area contributed by atoms with Gasteiger partial charge in [-0.05, 0) is 57.9 Å². The molecule has 4 aromatic rings. The number of ether oxygens (including phenoxy) is 1. The van der Waals surface area contributed by atoms with Gasteiger partial charge in [0.2, 0.25) is 0 Å². The van der Waals surface area contributed by atoms with Crippen LogP contribution in [0.3, 0.4) is 0 Å². The first kappa shape index (κ1) is 21.4. The maximum absolute atomic E-state index is 12.5. The summed E-state index contributed by atoms with van der Waals surface area (Å²) in [6.45, 7) is 0.685. The van der Waals surface area contributed by atoms with E-state index in [4.69, 9.17) is 27.9 Å². The zero-order chi connectivity index (χ0) is 21.8. The van der Waals surface area contributed by atoms with E-state index in [-0.39, 0.29) is 18.3 Å². The van der Waals surface area contributed by atoms with Crippen molar-refractivity contribution >= 4 is 50.9 Å². The van der Waals surface area contributed by atoms with E-state index in [0.29, 0.717) is 28.2 Å². The van der Waals surface area contributed by atoms with Crippen molar-refractivity contribution in [3.63, 3.8) is 0 Å². The second-order valence-electron chi connectivity index (χ2n) is 6.57. The monoisotopic (exact) mass is 519 g/mol. The summed E-state index contributed by atoms with van der Waals surface area (Å²) < 4.78 is 9.67. The van der Waals surface area contributed by atoms with Gasteiger partial charge in [-0.15, -0.1) is 0 Å². The Morgan fingerprint density at radius 2 is 1.81 bits per heavy atom. The fourth-order valence-corrected chi connectivity index (χ4v) is 3.81. The summed E-state index contributed by atoms with van der Waals surface area (Å²) in [5.74, 6) is 0.693. The highest BCUT2D eigenvalue weighted by Crippen LogP contribution is 2.28. The van der Waals surface area contributed by atoms with Gasteiger partial charge in [-0.3, -0.25) is 9.48 Å². The van der Waals surface area contributed by atoms with Crippen LogP contribution in [0.1, 0.15) is 16.1 Å². The minimum Gasteiger partial charge on any atom is -0.470 e. The van der Waals surface area contributed by atoms with Gasteiger partial charge in [0.15, 0.2) is 18.2 Å². The molecule has 10 heteroatoms. The first-order valence-electron chi connectivity index (χ1n) is 9.17. The summed E-state index contributed by atoms with van der Waals surface area (Å²) in [6, 6.07) is 16.1. The first-order chi connectivity index (χ1) is 15.0. The minimum absolute atomic E-state index is 0.141. The highest BCUT2D eigenvalue weighted by Gasteiger charge is 2.12. The van der Waals surface area contributed by atoms with Crippen LogP contribution in [0.4, 0.5) is 5.82 Å². The van der Waals surface area contributed by atoms with Crippen LogP contribution in [0, 0.1) is 0 Å². The van der Waals surface area contributed by atoms with Crippen molar-refractivity contribution in [1.29, 1.82) is 0 Å². The number of hydrogen-bond acceptors (Lipinski definition) is 4. The SMILES string of the molecule is O=C(Nc1ccn(Cc2cccc(Cl)c2)n1)c1ccn(COc2ccc(Cl)cc2Br)n1. The van der Waals surface area contributed by atoms with Crippen LogP contribution >= 0.6 is 39.1 Å². The summed E-state index contributed by atoms with van der Waals surface area (Å²) in [4.78, 5) is 12.5. The van der Waals surface area contributed by atoms with E-state index in [2.05, 4.69) is 31.4 Å². The third kappa shape index (κ3) is 5.66. The molecular formula is C21H16BrCl2N5O2. The van der Waals surface area contributed by atoms with Gasteiger partial charge in [0.1, 0.15) is 5.75 Å². The first-order valence-corrected chi connectivity index (χ1v) is 10.7. The van der Waals surface area contributed by atoms with Crippen LogP contribution in [-0.2, 0) is 13.3 Å². The van der Waals surface area contributed by atoms with Crippen molar-refractivity contribution in [3.8, 4) is 5.75 Å². The second kappa shape index (κ2) is 9.55. The van der Waals surface area contributed by atoms with Gasteiger partial charge >= 0.3 is 0 Å². The number of nitrogens with zero attached hydrogens (tertiary/aromatic N) is 4. The van der Waals surface area contributed by atoms with E-state index in [1.165, 1.54) is 4.68 Å². The molecule has 4 rings (SSSR count). The molecule has 2 heterocycles. The highest BCUT2D eigenvalue weighted by atomic mass is 79.9. The lowest BCUT2D eigenvalue weighted by molar-refractivity contribution is 0.101. The fraction of sp³-hybridized carbons (Fsp3) is 0.0952. The lowest BCUT2D eigenvalue weighted by Crippen LogP contribution is -2.15. The van der Waals surface area contributed by atoms with Crippen LogP contribution < -0.4 is 10.1 Å². The third-order valence-corrected chi connectivity index (χ3v) is 5.33. The lowest BCUT2D eigenvalue weighted by atomic mass is 10.2. The molecule has 0 aliphatic carbocycles. The Bertz CT molecular complexity index is 1220. The zero-order valence-corrected chi connectivity index (χ0v) is 19.1. The number of amides is 1. The number of aromatic nitrogens is 4. The van der Waals surface area contributed by atoms with Gasteiger partial charge in [0, 0.05) is 28.5 Å². The Morgan fingerprint density at radius 1 is 1.00 bits per heavy atom. The van der Waals surface area contributed by atoms with Gasteiger partial charge in [-0.1, -0.05) is 35.3 Å². The number of halogens is 3. The number of nitrogens with one attached hydrogen (secondary N) is 1. The summed E-state index contributed by atoms with van der Waals surface area (Å²) in [5, 5.41) is 12.6. The van der Waals surface area contributed by atoms with E-state index >= 15 is 0 Å². The molecule has 0 fully saturated rings. The number of carbonyl (C=O) groups is 1. The normalized spacial score (nSPS) is 10.8. The maximum Gasteiger partial charge on any atom is 0.277 e. The van der Waals surface area contributed by atoms with E-state index in [9.17, 15) is 4.79 Å². The Kier molecular flexibility index (Phi) is 6.60. The number of hydrogen-bond donors (Lipinski definition) is 1. The molecule has 2 aromatic carbocycles. The molecule has 0 unspecified atom stereocenters. The van der Waals surface area contributed by atoms with E-state index in [0.717, 1.165) is 10.0 Å². The lowest BCUT2D eigenvalue weighted by Gasteiger charge is -2.08.